The Bertz CT molecular complexity index is 926. The van der Waals surface area contributed by atoms with Crippen LogP contribution in [0.4, 0.5) is 17.1 Å². The topological polar surface area (TPSA) is 75.7 Å². The van der Waals surface area contributed by atoms with Gasteiger partial charge in [-0.05, 0) is 55.3 Å². The average molecular weight is 441 g/mol. The van der Waals surface area contributed by atoms with E-state index in [1.807, 2.05) is 42.5 Å². The van der Waals surface area contributed by atoms with E-state index >= 15 is 0 Å². The molecule has 1 amide bonds. The van der Waals surface area contributed by atoms with Gasteiger partial charge in [0.05, 0.1) is 0 Å². The molecule has 164 valence electrons. The molecule has 1 aliphatic heterocycles. The number of benzene rings is 2. The van der Waals surface area contributed by atoms with Crippen LogP contribution >= 0.6 is 11.6 Å². The maximum Gasteiger partial charge on any atom is 0.228 e. The summed E-state index contributed by atoms with van der Waals surface area (Å²) in [4.78, 5) is 28.6. The van der Waals surface area contributed by atoms with Crippen molar-refractivity contribution in [2.75, 3.05) is 41.3 Å². The molecule has 0 spiro atoms. The third kappa shape index (κ3) is 5.13. The quantitative estimate of drug-likeness (QED) is 0.772. The molecule has 4 rings (SSSR count). The molecule has 7 heteroatoms. The highest BCUT2D eigenvalue weighted by Gasteiger charge is 2.31. The number of aliphatic carboxylic acids is 1. The van der Waals surface area contributed by atoms with Crippen LogP contribution in [0, 0.1) is 11.8 Å². The molecule has 2 fully saturated rings. The van der Waals surface area contributed by atoms with Crippen LogP contribution in [0.2, 0.25) is 5.02 Å². The molecule has 6 nitrogen and oxygen atoms in total. The highest BCUT2D eigenvalue weighted by Crippen LogP contribution is 2.31. The van der Waals surface area contributed by atoms with Gasteiger partial charge in [0.1, 0.15) is 0 Å². The second kappa shape index (κ2) is 9.60. The summed E-state index contributed by atoms with van der Waals surface area (Å²) in [6.07, 6.45) is 2.82. The molecule has 31 heavy (non-hydrogen) atoms. The van der Waals surface area contributed by atoms with E-state index in [9.17, 15) is 14.7 Å². The molecule has 1 saturated heterocycles. The number of nitrogens with one attached hydrogen (secondary N) is 1. The number of carbonyl (C=O) groups excluding carboxylic acids is 2. The number of anilines is 3. The van der Waals surface area contributed by atoms with Gasteiger partial charge in [-0.15, -0.1) is 0 Å². The maximum atomic E-state index is 12.6. The first-order valence-corrected chi connectivity index (χ1v) is 11.3. The third-order valence-electron chi connectivity index (χ3n) is 6.36. The highest BCUT2D eigenvalue weighted by molar-refractivity contribution is 6.30. The van der Waals surface area contributed by atoms with Crippen molar-refractivity contribution < 1.29 is 14.7 Å². The number of carbonyl (C=O) groups is 2. The summed E-state index contributed by atoms with van der Waals surface area (Å²) in [7, 11) is 0. The number of carboxylic acid groups (broad SMARTS) is 1. The first kappa shape index (κ1) is 21.5. The highest BCUT2D eigenvalue weighted by atomic mass is 35.5. The Hall–Kier alpha value is -2.73. The van der Waals surface area contributed by atoms with Crippen LogP contribution < -0.4 is 20.2 Å². The zero-order valence-electron chi connectivity index (χ0n) is 17.4. The van der Waals surface area contributed by atoms with E-state index in [0.717, 1.165) is 55.4 Å². The summed E-state index contributed by atoms with van der Waals surface area (Å²) in [5.41, 5.74) is 2.94. The number of nitrogens with zero attached hydrogens (tertiary/aromatic N) is 2. The van der Waals surface area contributed by atoms with Crippen molar-refractivity contribution in [3.8, 4) is 0 Å². The molecule has 0 bridgehead atoms. The SMILES string of the molecule is O=C([O-])C1CCCCC1C(=O)Nc1ccc(N2CCN(c3cccc(Cl)c3)CC2)cc1. The van der Waals surface area contributed by atoms with Gasteiger partial charge in [-0.3, -0.25) is 4.79 Å². The third-order valence-corrected chi connectivity index (χ3v) is 6.59. The Balaban J connectivity index is 1.33. The van der Waals surface area contributed by atoms with Gasteiger partial charge in [0.25, 0.3) is 0 Å². The fourth-order valence-electron chi connectivity index (χ4n) is 4.61. The van der Waals surface area contributed by atoms with Gasteiger partial charge >= 0.3 is 0 Å². The van der Waals surface area contributed by atoms with Crippen molar-refractivity contribution in [3.05, 3.63) is 53.6 Å². The number of amides is 1. The second-order valence-electron chi connectivity index (χ2n) is 8.31. The van der Waals surface area contributed by atoms with Gasteiger partial charge in [0, 0.05) is 66.1 Å². The molecular formula is C24H27ClN3O3-. The van der Waals surface area contributed by atoms with Gasteiger partial charge in [0.2, 0.25) is 5.91 Å². The van der Waals surface area contributed by atoms with Gasteiger partial charge in [-0.25, -0.2) is 0 Å². The van der Waals surface area contributed by atoms with Crippen molar-refractivity contribution in [2.45, 2.75) is 25.7 Å². The Morgan fingerprint density at radius 1 is 0.871 bits per heavy atom. The lowest BCUT2D eigenvalue weighted by molar-refractivity contribution is -0.313. The number of hydrogen-bond acceptors (Lipinski definition) is 5. The van der Waals surface area contributed by atoms with Gasteiger partial charge in [0.15, 0.2) is 0 Å². The van der Waals surface area contributed by atoms with Gasteiger partial charge in [-0.1, -0.05) is 30.5 Å². The summed E-state index contributed by atoms with van der Waals surface area (Å²) in [6.45, 7) is 3.61. The minimum Gasteiger partial charge on any atom is -0.550 e. The predicted molar refractivity (Wildman–Crippen MR) is 121 cm³/mol. The van der Waals surface area contributed by atoms with Crippen LogP contribution in [0.5, 0.6) is 0 Å². The van der Waals surface area contributed by atoms with Gasteiger partial charge < -0.3 is 25.0 Å². The lowest BCUT2D eigenvalue weighted by atomic mass is 9.78. The summed E-state index contributed by atoms with van der Waals surface area (Å²) in [6, 6.07) is 15.7. The first-order valence-electron chi connectivity index (χ1n) is 10.9. The summed E-state index contributed by atoms with van der Waals surface area (Å²) < 4.78 is 0. The molecular weight excluding hydrogens is 414 g/mol. The van der Waals surface area contributed by atoms with Crippen LogP contribution in [0.15, 0.2) is 48.5 Å². The van der Waals surface area contributed by atoms with E-state index in [0.29, 0.717) is 18.5 Å². The van der Waals surface area contributed by atoms with E-state index in [1.54, 1.807) is 0 Å². The lowest BCUT2D eigenvalue weighted by Gasteiger charge is -2.37. The van der Waals surface area contributed by atoms with Crippen molar-refractivity contribution in [2.24, 2.45) is 11.8 Å². The average Bonchev–Trinajstić information content (AvgIpc) is 2.79. The zero-order valence-corrected chi connectivity index (χ0v) is 18.2. The van der Waals surface area contributed by atoms with Crippen LogP contribution in [0.3, 0.4) is 0 Å². The number of piperazine rings is 1. The minimum absolute atomic E-state index is 0.225. The van der Waals surface area contributed by atoms with E-state index in [-0.39, 0.29) is 5.91 Å². The van der Waals surface area contributed by atoms with E-state index in [2.05, 4.69) is 21.2 Å². The van der Waals surface area contributed by atoms with E-state index in [4.69, 9.17) is 11.6 Å². The molecule has 1 aliphatic carbocycles. The minimum atomic E-state index is -1.12. The Morgan fingerprint density at radius 3 is 2.10 bits per heavy atom. The van der Waals surface area contributed by atoms with E-state index < -0.39 is 17.8 Å². The van der Waals surface area contributed by atoms with Gasteiger partial charge in [-0.2, -0.15) is 0 Å². The van der Waals surface area contributed by atoms with Crippen LogP contribution in [0.1, 0.15) is 25.7 Å². The van der Waals surface area contributed by atoms with Crippen LogP contribution in [-0.4, -0.2) is 38.1 Å². The Morgan fingerprint density at radius 2 is 1.48 bits per heavy atom. The number of rotatable bonds is 5. The summed E-state index contributed by atoms with van der Waals surface area (Å²) in [5.74, 6) is -2.55. The van der Waals surface area contributed by atoms with Crippen LogP contribution in [0.25, 0.3) is 0 Å². The largest absolute Gasteiger partial charge is 0.550 e. The molecule has 2 aliphatic rings. The molecule has 1 heterocycles. The fourth-order valence-corrected chi connectivity index (χ4v) is 4.80. The van der Waals surface area contributed by atoms with Crippen LogP contribution in [-0.2, 0) is 9.59 Å². The standard InChI is InChI=1S/C24H28ClN3O3/c25-17-4-3-5-20(16-17)28-14-12-27(13-15-28)19-10-8-18(9-11-19)26-23(29)21-6-1-2-7-22(21)24(30)31/h3-5,8-11,16,21-22H,1-2,6-7,12-15H2,(H,26,29)(H,30,31)/p-1. The second-order valence-corrected chi connectivity index (χ2v) is 8.74. The van der Waals surface area contributed by atoms with E-state index in [1.165, 1.54) is 0 Å². The molecule has 1 N–H and O–H groups in total. The normalized spacial score (nSPS) is 21.6. The zero-order chi connectivity index (χ0) is 21.8. The molecule has 2 unspecified atom stereocenters. The van der Waals surface area contributed by atoms with Crippen molar-refractivity contribution in [1.82, 2.24) is 0 Å². The van der Waals surface area contributed by atoms with Crippen molar-refractivity contribution in [1.29, 1.82) is 0 Å². The first-order chi connectivity index (χ1) is 15.0. The summed E-state index contributed by atoms with van der Waals surface area (Å²) in [5, 5.41) is 15.0. The van der Waals surface area contributed by atoms with Crippen molar-refractivity contribution in [3.63, 3.8) is 0 Å². The molecule has 2 aromatic carbocycles. The monoisotopic (exact) mass is 440 g/mol. The van der Waals surface area contributed by atoms with Crippen molar-refractivity contribution >= 4 is 40.5 Å². The fraction of sp³-hybridized carbons (Fsp3) is 0.417. The predicted octanol–water partition coefficient (Wildman–Crippen LogP) is 3.16. The molecule has 2 aromatic rings. The molecule has 1 saturated carbocycles. The maximum absolute atomic E-state index is 12.6. The Labute approximate surface area is 187 Å². The lowest BCUT2D eigenvalue weighted by Crippen LogP contribution is -2.46. The molecule has 2 atom stereocenters. The molecule has 0 aromatic heterocycles. The number of hydrogen-bond donors (Lipinski definition) is 1. The Kier molecular flexibility index (Phi) is 6.66. The number of halogens is 1. The molecule has 0 radical (unpaired) electrons. The number of carboxylic acids is 1. The smallest absolute Gasteiger partial charge is 0.228 e. The summed E-state index contributed by atoms with van der Waals surface area (Å²) >= 11 is 6.11.